The molecule has 0 amide bonds. The number of nitriles is 1. The first kappa shape index (κ1) is 11.5. The maximum Gasteiger partial charge on any atom is 0.227 e. The van der Waals surface area contributed by atoms with Gasteiger partial charge in [-0.3, -0.25) is 0 Å². The average Bonchev–Trinajstić information content (AvgIpc) is 1.98. The van der Waals surface area contributed by atoms with Crippen LogP contribution in [-0.4, -0.2) is 19.7 Å². The predicted molar refractivity (Wildman–Crippen MR) is 53.9 cm³/mol. The van der Waals surface area contributed by atoms with Crippen molar-refractivity contribution in [2.24, 2.45) is 5.41 Å². The molecule has 0 aromatic heterocycles. The van der Waals surface area contributed by atoms with Crippen LogP contribution < -0.4 is 4.72 Å². The van der Waals surface area contributed by atoms with E-state index in [1.165, 1.54) is 6.92 Å². The summed E-state index contributed by atoms with van der Waals surface area (Å²) in [5.74, 6) is 0. The van der Waals surface area contributed by atoms with E-state index in [9.17, 15) is 8.42 Å². The zero-order valence-corrected chi connectivity index (χ0v) is 9.56. The van der Waals surface area contributed by atoms with Crippen LogP contribution in [-0.2, 0) is 10.0 Å². The van der Waals surface area contributed by atoms with Crippen LogP contribution in [0.2, 0.25) is 0 Å². The third-order valence-electron chi connectivity index (χ3n) is 2.58. The lowest BCUT2D eigenvalue weighted by Gasteiger charge is -2.42. The zero-order chi connectivity index (χ0) is 11.0. The van der Waals surface area contributed by atoms with E-state index in [-0.39, 0.29) is 11.5 Å². The van der Waals surface area contributed by atoms with Gasteiger partial charge >= 0.3 is 0 Å². The smallest absolute Gasteiger partial charge is 0.211 e. The normalized spacial score (nSPS) is 23.6. The van der Waals surface area contributed by atoms with E-state index in [4.69, 9.17) is 5.26 Å². The molecule has 5 heteroatoms. The van der Waals surface area contributed by atoms with Crippen molar-refractivity contribution in [3.63, 3.8) is 0 Å². The Morgan fingerprint density at radius 2 is 2.00 bits per heavy atom. The predicted octanol–water partition coefficient (Wildman–Crippen LogP) is 1.01. The van der Waals surface area contributed by atoms with Crippen LogP contribution in [0.5, 0.6) is 0 Å². The molecule has 0 saturated heterocycles. The molecule has 1 N–H and O–H groups in total. The molecule has 80 valence electrons. The monoisotopic (exact) mass is 216 g/mol. The number of rotatable bonds is 3. The minimum atomic E-state index is -3.43. The minimum Gasteiger partial charge on any atom is -0.211 e. The number of hydrogen-bond acceptors (Lipinski definition) is 3. The SMILES string of the molecule is CC(C#N)S(=O)(=O)NC1CC(C)(C)C1. The van der Waals surface area contributed by atoms with Gasteiger partial charge in [-0.25, -0.2) is 13.1 Å². The van der Waals surface area contributed by atoms with Crippen LogP contribution in [0.1, 0.15) is 33.6 Å². The second-order valence-corrected chi connectivity index (χ2v) is 6.74. The molecule has 0 aliphatic heterocycles. The van der Waals surface area contributed by atoms with Gasteiger partial charge in [0, 0.05) is 6.04 Å². The van der Waals surface area contributed by atoms with E-state index in [1.807, 2.05) is 0 Å². The number of nitrogens with one attached hydrogen (secondary N) is 1. The van der Waals surface area contributed by atoms with Crippen LogP contribution in [0.4, 0.5) is 0 Å². The average molecular weight is 216 g/mol. The van der Waals surface area contributed by atoms with Crippen molar-refractivity contribution >= 4 is 10.0 Å². The summed E-state index contributed by atoms with van der Waals surface area (Å²) >= 11 is 0. The van der Waals surface area contributed by atoms with Gasteiger partial charge in [0.15, 0.2) is 5.25 Å². The molecule has 1 saturated carbocycles. The quantitative estimate of drug-likeness (QED) is 0.765. The Hall–Kier alpha value is -0.600. The summed E-state index contributed by atoms with van der Waals surface area (Å²) in [6, 6.07) is 1.75. The standard InChI is InChI=1S/C9H16N2O2S/c1-7(6-10)14(12,13)11-8-4-9(2,3)5-8/h7-8,11H,4-5H2,1-3H3. The maximum absolute atomic E-state index is 11.4. The lowest BCUT2D eigenvalue weighted by atomic mass is 9.69. The molecule has 0 radical (unpaired) electrons. The Bertz CT molecular complexity index is 345. The van der Waals surface area contributed by atoms with E-state index in [0.717, 1.165) is 12.8 Å². The Morgan fingerprint density at radius 3 is 2.36 bits per heavy atom. The van der Waals surface area contributed by atoms with Gasteiger partial charge in [-0.1, -0.05) is 13.8 Å². The van der Waals surface area contributed by atoms with E-state index in [0.29, 0.717) is 0 Å². The summed E-state index contributed by atoms with van der Waals surface area (Å²) in [7, 11) is -3.43. The van der Waals surface area contributed by atoms with Crippen molar-refractivity contribution in [3.05, 3.63) is 0 Å². The third-order valence-corrected chi connectivity index (χ3v) is 4.27. The Kier molecular flexibility index (Phi) is 2.88. The molecule has 14 heavy (non-hydrogen) atoms. The second kappa shape index (κ2) is 3.52. The van der Waals surface area contributed by atoms with Crippen molar-refractivity contribution in [1.82, 2.24) is 4.72 Å². The van der Waals surface area contributed by atoms with Crippen molar-refractivity contribution in [2.45, 2.75) is 44.9 Å². The van der Waals surface area contributed by atoms with Gasteiger partial charge in [0.2, 0.25) is 10.0 Å². The maximum atomic E-state index is 11.4. The molecule has 1 fully saturated rings. The highest BCUT2D eigenvalue weighted by Crippen LogP contribution is 2.40. The summed E-state index contributed by atoms with van der Waals surface area (Å²) in [4.78, 5) is 0. The molecule has 0 aromatic carbocycles. The topological polar surface area (TPSA) is 70.0 Å². The number of nitrogens with zero attached hydrogens (tertiary/aromatic N) is 1. The molecule has 0 aromatic rings. The molecule has 0 heterocycles. The summed E-state index contributed by atoms with van der Waals surface area (Å²) < 4.78 is 25.4. The minimum absolute atomic E-state index is 0.0193. The van der Waals surface area contributed by atoms with Crippen molar-refractivity contribution in [3.8, 4) is 6.07 Å². The largest absolute Gasteiger partial charge is 0.227 e. The summed E-state index contributed by atoms with van der Waals surface area (Å²) in [5.41, 5.74) is 0.239. The van der Waals surface area contributed by atoms with Gasteiger partial charge in [-0.15, -0.1) is 0 Å². The molecule has 1 aliphatic rings. The van der Waals surface area contributed by atoms with Gasteiger partial charge in [0.25, 0.3) is 0 Å². The first-order valence-electron chi connectivity index (χ1n) is 4.68. The first-order chi connectivity index (χ1) is 6.27. The van der Waals surface area contributed by atoms with E-state index >= 15 is 0 Å². The lowest BCUT2D eigenvalue weighted by Crippen LogP contribution is -2.50. The van der Waals surface area contributed by atoms with Crippen molar-refractivity contribution < 1.29 is 8.42 Å². The van der Waals surface area contributed by atoms with E-state index in [1.54, 1.807) is 6.07 Å². The van der Waals surface area contributed by atoms with Gasteiger partial charge in [-0.05, 0) is 25.2 Å². The van der Waals surface area contributed by atoms with E-state index < -0.39 is 15.3 Å². The molecule has 0 spiro atoms. The molecule has 1 rings (SSSR count). The molecular formula is C9H16N2O2S. The Labute approximate surface area is 85.4 Å². The van der Waals surface area contributed by atoms with Crippen LogP contribution in [0.3, 0.4) is 0 Å². The van der Waals surface area contributed by atoms with Crippen LogP contribution in [0.25, 0.3) is 0 Å². The van der Waals surface area contributed by atoms with E-state index in [2.05, 4.69) is 18.6 Å². The molecule has 1 unspecified atom stereocenters. The summed E-state index contributed by atoms with van der Waals surface area (Å²) in [6.07, 6.45) is 1.70. The summed E-state index contributed by atoms with van der Waals surface area (Å²) in [6.45, 7) is 5.60. The van der Waals surface area contributed by atoms with Crippen LogP contribution in [0, 0.1) is 16.7 Å². The number of sulfonamides is 1. The second-order valence-electron chi connectivity index (χ2n) is 4.70. The molecule has 4 nitrogen and oxygen atoms in total. The highest BCUT2D eigenvalue weighted by Gasteiger charge is 2.39. The fourth-order valence-electron chi connectivity index (χ4n) is 1.76. The van der Waals surface area contributed by atoms with Crippen molar-refractivity contribution in [2.75, 3.05) is 0 Å². The fraction of sp³-hybridized carbons (Fsp3) is 0.889. The van der Waals surface area contributed by atoms with Crippen LogP contribution in [0.15, 0.2) is 0 Å². The van der Waals surface area contributed by atoms with Crippen molar-refractivity contribution in [1.29, 1.82) is 5.26 Å². The first-order valence-corrected chi connectivity index (χ1v) is 6.22. The zero-order valence-electron chi connectivity index (χ0n) is 8.74. The van der Waals surface area contributed by atoms with Gasteiger partial charge < -0.3 is 0 Å². The van der Waals surface area contributed by atoms with Gasteiger partial charge in [0.1, 0.15) is 0 Å². The molecule has 1 aliphatic carbocycles. The third kappa shape index (κ3) is 2.46. The van der Waals surface area contributed by atoms with Gasteiger partial charge in [-0.2, -0.15) is 5.26 Å². The molecule has 0 bridgehead atoms. The molecular weight excluding hydrogens is 200 g/mol. The lowest BCUT2D eigenvalue weighted by molar-refractivity contribution is 0.143. The Balaban J connectivity index is 2.52. The molecule has 1 atom stereocenters. The van der Waals surface area contributed by atoms with Crippen LogP contribution >= 0.6 is 0 Å². The highest BCUT2D eigenvalue weighted by molar-refractivity contribution is 7.90. The number of hydrogen-bond donors (Lipinski definition) is 1. The van der Waals surface area contributed by atoms with Gasteiger partial charge in [0.05, 0.1) is 6.07 Å². The fourth-order valence-corrected chi connectivity index (χ4v) is 2.74. The highest BCUT2D eigenvalue weighted by atomic mass is 32.2. The summed E-state index contributed by atoms with van der Waals surface area (Å²) in [5, 5.41) is 7.54. The Morgan fingerprint density at radius 1 is 1.50 bits per heavy atom.